The first kappa shape index (κ1) is 43.5. The van der Waals surface area contributed by atoms with Gasteiger partial charge < -0.3 is 15.5 Å². The molecule has 0 aromatic heterocycles. The van der Waals surface area contributed by atoms with Crippen LogP contribution in [0.2, 0.25) is 0 Å². The third-order valence-electron chi connectivity index (χ3n) is 8.15. The van der Waals surface area contributed by atoms with Crippen molar-refractivity contribution >= 4 is 16.0 Å². The summed E-state index contributed by atoms with van der Waals surface area (Å²) in [6.45, 7) is 4.44. The van der Waals surface area contributed by atoms with Crippen LogP contribution in [-0.4, -0.2) is 53.1 Å². The molecule has 264 valence electrons. The Kier molecular flexibility index (Phi) is 30.1. The van der Waals surface area contributed by atoms with Crippen LogP contribution >= 0.6 is 0 Å². The van der Waals surface area contributed by atoms with E-state index >= 15 is 0 Å². The highest BCUT2D eigenvalue weighted by atomic mass is 32.2. The Balaban J connectivity index is 4.15. The van der Waals surface area contributed by atoms with Gasteiger partial charge in [0.05, 0.1) is 17.9 Å². The highest BCUT2D eigenvalue weighted by Crippen LogP contribution is 2.13. The summed E-state index contributed by atoms with van der Waals surface area (Å²) in [5, 5.41) is 23.2. The van der Waals surface area contributed by atoms with Crippen molar-refractivity contribution in [3.63, 3.8) is 0 Å². The van der Waals surface area contributed by atoms with Crippen LogP contribution in [0.15, 0.2) is 36.5 Å². The molecule has 0 saturated carbocycles. The third kappa shape index (κ3) is 30.9. The smallest absolute Gasteiger partial charge is 0.267 e. The SMILES string of the molecule is CCCCCCCCCCCC/C=C/CC/C=C/CC/C=C/C(O)C(CS(=O)(=O)O)NC(=O)C(O)CCCCCCCCCC. The monoisotopic (exact) mass is 655 g/mol. The van der Waals surface area contributed by atoms with Crippen molar-refractivity contribution in [3.05, 3.63) is 36.5 Å². The Bertz CT molecular complexity index is 870. The molecule has 7 nitrogen and oxygen atoms in total. The molecular formula is C37H69NO6S. The molecule has 4 N–H and O–H groups in total. The lowest BCUT2D eigenvalue weighted by Gasteiger charge is -2.22. The summed E-state index contributed by atoms with van der Waals surface area (Å²) in [7, 11) is -4.45. The quantitative estimate of drug-likeness (QED) is 0.0326. The number of carbonyl (C=O) groups excluding carboxylic acids is 1. The predicted molar refractivity (Wildman–Crippen MR) is 190 cm³/mol. The zero-order valence-electron chi connectivity index (χ0n) is 28.8. The normalized spacial score (nSPS) is 14.5. The summed E-state index contributed by atoms with van der Waals surface area (Å²) in [4.78, 5) is 12.5. The number of rotatable bonds is 32. The van der Waals surface area contributed by atoms with Gasteiger partial charge in [-0.2, -0.15) is 8.42 Å². The molecular weight excluding hydrogens is 586 g/mol. The van der Waals surface area contributed by atoms with E-state index in [1.807, 2.05) is 0 Å². The van der Waals surface area contributed by atoms with E-state index < -0.39 is 40.0 Å². The molecule has 3 atom stereocenters. The molecule has 1 amide bonds. The van der Waals surface area contributed by atoms with Crippen LogP contribution in [0.5, 0.6) is 0 Å². The van der Waals surface area contributed by atoms with Gasteiger partial charge in [0.25, 0.3) is 10.1 Å². The van der Waals surface area contributed by atoms with E-state index in [-0.39, 0.29) is 6.42 Å². The average Bonchev–Trinajstić information content (AvgIpc) is 3.00. The summed E-state index contributed by atoms with van der Waals surface area (Å²) in [5.41, 5.74) is 0. The fourth-order valence-electron chi connectivity index (χ4n) is 5.31. The molecule has 0 bridgehead atoms. The molecule has 0 fully saturated rings. The molecule has 0 aliphatic carbocycles. The van der Waals surface area contributed by atoms with Gasteiger partial charge in [-0.3, -0.25) is 9.35 Å². The maximum absolute atomic E-state index is 12.5. The number of unbranched alkanes of at least 4 members (excludes halogenated alkanes) is 19. The van der Waals surface area contributed by atoms with E-state index in [0.717, 1.165) is 44.9 Å². The lowest BCUT2D eigenvalue weighted by Crippen LogP contribution is -2.50. The second-order valence-corrected chi connectivity index (χ2v) is 14.1. The molecule has 45 heavy (non-hydrogen) atoms. The molecule has 8 heteroatoms. The van der Waals surface area contributed by atoms with Gasteiger partial charge in [0, 0.05) is 0 Å². The van der Waals surface area contributed by atoms with Crippen molar-refractivity contribution in [1.82, 2.24) is 5.32 Å². The number of aliphatic hydroxyl groups excluding tert-OH is 2. The highest BCUT2D eigenvalue weighted by Gasteiger charge is 2.27. The standard InChI is InChI=1S/C37H69NO6S/c1-3-5-7-9-11-13-14-15-16-17-18-19-20-21-22-23-24-26-27-29-31-35(39)34(33-45(42,43)44)38-37(41)36(40)32-30-28-25-12-10-8-6-4-2/h19-20,23-24,29,31,34-36,39-40H,3-18,21-22,25-28,30,32-33H2,1-2H3,(H,38,41)(H,42,43,44)/b20-19+,24-23+,31-29+. The Labute approximate surface area is 277 Å². The Morgan fingerprint density at radius 2 is 1.00 bits per heavy atom. The first-order valence-electron chi connectivity index (χ1n) is 18.3. The van der Waals surface area contributed by atoms with Gasteiger partial charge in [0.1, 0.15) is 6.10 Å². The number of amides is 1. The number of hydrogen-bond acceptors (Lipinski definition) is 5. The molecule has 0 radical (unpaired) electrons. The van der Waals surface area contributed by atoms with Gasteiger partial charge in [-0.1, -0.05) is 159 Å². The van der Waals surface area contributed by atoms with Gasteiger partial charge in [0.15, 0.2) is 0 Å². The van der Waals surface area contributed by atoms with E-state index in [9.17, 15) is 28.0 Å². The van der Waals surface area contributed by atoms with Crippen molar-refractivity contribution in [2.45, 2.75) is 186 Å². The molecule has 0 rings (SSSR count). The van der Waals surface area contributed by atoms with E-state index in [4.69, 9.17) is 0 Å². The number of nitrogens with one attached hydrogen (secondary N) is 1. The van der Waals surface area contributed by atoms with E-state index in [0.29, 0.717) is 12.8 Å². The van der Waals surface area contributed by atoms with Crippen molar-refractivity contribution in [1.29, 1.82) is 0 Å². The lowest BCUT2D eigenvalue weighted by atomic mass is 10.0. The zero-order chi connectivity index (χ0) is 33.4. The van der Waals surface area contributed by atoms with Gasteiger partial charge in [-0.25, -0.2) is 0 Å². The first-order valence-corrected chi connectivity index (χ1v) is 19.9. The molecule has 3 unspecified atom stereocenters. The van der Waals surface area contributed by atoms with Crippen LogP contribution in [0.4, 0.5) is 0 Å². The van der Waals surface area contributed by atoms with Crippen LogP contribution in [0, 0.1) is 0 Å². The summed E-state index contributed by atoms with van der Waals surface area (Å²) in [6, 6.07) is -1.25. The zero-order valence-corrected chi connectivity index (χ0v) is 29.7. The van der Waals surface area contributed by atoms with E-state index in [1.165, 1.54) is 96.0 Å². The Morgan fingerprint density at radius 1 is 0.600 bits per heavy atom. The summed E-state index contributed by atoms with van der Waals surface area (Å²) < 4.78 is 32.3. The van der Waals surface area contributed by atoms with E-state index in [2.05, 4.69) is 43.5 Å². The van der Waals surface area contributed by atoms with Gasteiger partial charge >= 0.3 is 0 Å². The minimum Gasteiger partial charge on any atom is -0.387 e. The largest absolute Gasteiger partial charge is 0.387 e. The summed E-state index contributed by atoms with van der Waals surface area (Å²) in [5.74, 6) is -1.57. The second-order valence-electron chi connectivity index (χ2n) is 12.6. The molecule has 0 spiro atoms. The third-order valence-corrected chi connectivity index (χ3v) is 8.94. The molecule has 0 aromatic rings. The highest BCUT2D eigenvalue weighted by molar-refractivity contribution is 7.85. The predicted octanol–water partition coefficient (Wildman–Crippen LogP) is 9.15. The fourth-order valence-corrected chi connectivity index (χ4v) is 6.04. The first-order chi connectivity index (χ1) is 21.7. The lowest BCUT2D eigenvalue weighted by molar-refractivity contribution is -0.130. The van der Waals surface area contributed by atoms with Crippen LogP contribution in [0.1, 0.15) is 168 Å². The molecule has 0 aliphatic heterocycles. The number of aliphatic hydroxyl groups is 2. The van der Waals surface area contributed by atoms with E-state index in [1.54, 1.807) is 6.08 Å². The average molecular weight is 656 g/mol. The summed E-state index contributed by atoms with van der Waals surface area (Å²) >= 11 is 0. The van der Waals surface area contributed by atoms with Crippen molar-refractivity contribution in [2.24, 2.45) is 0 Å². The van der Waals surface area contributed by atoms with Crippen LogP contribution in [0.25, 0.3) is 0 Å². The number of hydrogen-bond donors (Lipinski definition) is 4. The molecule has 0 aromatic carbocycles. The number of allylic oxidation sites excluding steroid dienone is 5. The van der Waals surface area contributed by atoms with Crippen molar-refractivity contribution in [2.75, 3.05) is 5.75 Å². The van der Waals surface area contributed by atoms with Crippen LogP contribution < -0.4 is 5.32 Å². The minimum absolute atomic E-state index is 0.271. The second kappa shape index (κ2) is 31.1. The molecule has 0 saturated heterocycles. The van der Waals surface area contributed by atoms with Crippen molar-refractivity contribution in [3.8, 4) is 0 Å². The van der Waals surface area contributed by atoms with Crippen LogP contribution in [0.3, 0.4) is 0 Å². The van der Waals surface area contributed by atoms with Crippen LogP contribution in [-0.2, 0) is 14.9 Å². The van der Waals surface area contributed by atoms with Crippen molar-refractivity contribution < 1.29 is 28.0 Å². The Hall–Kier alpha value is -1.48. The van der Waals surface area contributed by atoms with Gasteiger partial charge in [0.2, 0.25) is 5.91 Å². The number of carbonyl (C=O) groups is 1. The maximum atomic E-state index is 12.5. The summed E-state index contributed by atoms with van der Waals surface area (Å²) in [6.07, 6.45) is 36.5. The molecule has 0 aliphatic rings. The van der Waals surface area contributed by atoms with Gasteiger partial charge in [-0.15, -0.1) is 0 Å². The Morgan fingerprint density at radius 3 is 1.47 bits per heavy atom. The molecule has 0 heterocycles. The topological polar surface area (TPSA) is 124 Å². The van der Waals surface area contributed by atoms with Gasteiger partial charge in [-0.05, 0) is 44.9 Å². The minimum atomic E-state index is -4.45. The fraction of sp³-hybridized carbons (Fsp3) is 0.811. The maximum Gasteiger partial charge on any atom is 0.267 e.